The van der Waals surface area contributed by atoms with E-state index in [1.165, 1.54) is 0 Å². The summed E-state index contributed by atoms with van der Waals surface area (Å²) in [5, 5.41) is 7.83. The molecule has 0 bridgehead atoms. The topological polar surface area (TPSA) is 60.2 Å². The quantitative estimate of drug-likeness (QED) is 0.885. The van der Waals surface area contributed by atoms with Crippen molar-refractivity contribution >= 4 is 11.6 Å². The highest BCUT2D eigenvalue weighted by Crippen LogP contribution is 2.38. The van der Waals surface area contributed by atoms with Gasteiger partial charge in [-0.1, -0.05) is 16.8 Å². The lowest BCUT2D eigenvalue weighted by molar-refractivity contribution is 0.280. The number of nitrogens with one attached hydrogen (secondary N) is 1. The largest absolute Gasteiger partial charge is 0.485 e. The van der Waals surface area contributed by atoms with Crippen molar-refractivity contribution in [3.8, 4) is 5.75 Å². The third-order valence-electron chi connectivity index (χ3n) is 3.64. The van der Waals surface area contributed by atoms with E-state index < -0.39 is 0 Å². The van der Waals surface area contributed by atoms with Gasteiger partial charge < -0.3 is 14.6 Å². The molecule has 1 N–H and O–H groups in total. The molecule has 5 nitrogen and oxygen atoms in total. The Labute approximate surface area is 128 Å². The third kappa shape index (κ3) is 3.36. The van der Waals surface area contributed by atoms with Gasteiger partial charge in [-0.2, -0.15) is 4.98 Å². The summed E-state index contributed by atoms with van der Waals surface area (Å²) in [6.07, 6.45) is 2.28. The predicted octanol–water partition coefficient (Wildman–Crippen LogP) is 3.46. The van der Waals surface area contributed by atoms with E-state index in [2.05, 4.69) is 22.4 Å². The summed E-state index contributed by atoms with van der Waals surface area (Å²) in [4.78, 5) is 4.36. The van der Waals surface area contributed by atoms with Crippen LogP contribution in [0, 0.1) is 0 Å². The van der Waals surface area contributed by atoms with Gasteiger partial charge in [0.1, 0.15) is 5.75 Å². The molecule has 1 aliphatic carbocycles. The SMILES string of the molecule is CNC(C)c1cc(Cl)ccc1OCc1noc(C2CC2)n1. The Hall–Kier alpha value is -1.59. The van der Waals surface area contributed by atoms with Crippen LogP contribution in [0.1, 0.15) is 49.0 Å². The van der Waals surface area contributed by atoms with E-state index in [1.54, 1.807) is 0 Å². The third-order valence-corrected chi connectivity index (χ3v) is 3.87. The molecule has 0 saturated heterocycles. The van der Waals surface area contributed by atoms with E-state index in [0.29, 0.717) is 23.4 Å². The molecule has 1 atom stereocenters. The highest BCUT2D eigenvalue weighted by atomic mass is 35.5. The van der Waals surface area contributed by atoms with Gasteiger partial charge >= 0.3 is 0 Å². The summed E-state index contributed by atoms with van der Waals surface area (Å²) in [5.41, 5.74) is 1.01. The Morgan fingerprint density at radius 3 is 3.00 bits per heavy atom. The highest BCUT2D eigenvalue weighted by molar-refractivity contribution is 6.30. The van der Waals surface area contributed by atoms with E-state index in [-0.39, 0.29) is 6.04 Å². The maximum absolute atomic E-state index is 6.06. The van der Waals surface area contributed by atoms with Crippen molar-refractivity contribution in [2.24, 2.45) is 0 Å². The Morgan fingerprint density at radius 2 is 2.29 bits per heavy atom. The molecule has 6 heteroatoms. The average molecular weight is 308 g/mol. The first-order chi connectivity index (χ1) is 10.2. The van der Waals surface area contributed by atoms with Crippen molar-refractivity contribution in [2.45, 2.75) is 38.3 Å². The number of benzene rings is 1. The zero-order valence-corrected chi connectivity index (χ0v) is 12.9. The molecule has 1 unspecified atom stereocenters. The zero-order valence-electron chi connectivity index (χ0n) is 12.1. The summed E-state index contributed by atoms with van der Waals surface area (Å²) in [6, 6.07) is 5.73. The van der Waals surface area contributed by atoms with Crippen molar-refractivity contribution in [3.05, 3.63) is 40.5 Å². The Bertz CT molecular complexity index is 625. The zero-order chi connectivity index (χ0) is 14.8. The minimum Gasteiger partial charge on any atom is -0.485 e. The smallest absolute Gasteiger partial charge is 0.229 e. The molecular formula is C15H18ClN3O2. The lowest BCUT2D eigenvalue weighted by atomic mass is 10.1. The molecular weight excluding hydrogens is 290 g/mol. The normalized spacial score (nSPS) is 16.0. The number of halogens is 1. The van der Waals surface area contributed by atoms with Crippen LogP contribution in [0.15, 0.2) is 22.7 Å². The fourth-order valence-electron chi connectivity index (χ4n) is 2.11. The number of aromatic nitrogens is 2. The number of hydrogen-bond donors (Lipinski definition) is 1. The maximum Gasteiger partial charge on any atom is 0.229 e. The first-order valence-electron chi connectivity index (χ1n) is 7.09. The van der Waals surface area contributed by atoms with Crippen LogP contribution in [0.25, 0.3) is 0 Å². The Balaban J connectivity index is 1.71. The second kappa shape index (κ2) is 6.03. The first-order valence-corrected chi connectivity index (χ1v) is 7.47. The minimum atomic E-state index is 0.144. The monoisotopic (exact) mass is 307 g/mol. The van der Waals surface area contributed by atoms with Gasteiger partial charge in [0.2, 0.25) is 11.7 Å². The molecule has 1 aromatic carbocycles. The second-order valence-electron chi connectivity index (χ2n) is 5.30. The fourth-order valence-corrected chi connectivity index (χ4v) is 2.29. The number of nitrogens with zero attached hydrogens (tertiary/aromatic N) is 2. The predicted molar refractivity (Wildman–Crippen MR) is 79.5 cm³/mol. The molecule has 1 heterocycles. The van der Waals surface area contributed by atoms with Gasteiger partial charge in [0.15, 0.2) is 6.61 Å². The summed E-state index contributed by atoms with van der Waals surface area (Å²) in [5.74, 6) is 2.55. The first kappa shape index (κ1) is 14.4. The second-order valence-corrected chi connectivity index (χ2v) is 5.74. The van der Waals surface area contributed by atoms with Crippen molar-refractivity contribution in [3.63, 3.8) is 0 Å². The van der Waals surface area contributed by atoms with Gasteiger partial charge in [-0.15, -0.1) is 0 Å². The van der Waals surface area contributed by atoms with Crippen molar-refractivity contribution in [1.82, 2.24) is 15.5 Å². The van der Waals surface area contributed by atoms with Crippen molar-refractivity contribution < 1.29 is 9.26 Å². The minimum absolute atomic E-state index is 0.144. The number of rotatable bonds is 6. The van der Waals surface area contributed by atoms with Crippen LogP contribution in [-0.4, -0.2) is 17.2 Å². The van der Waals surface area contributed by atoms with Crippen LogP contribution in [0.4, 0.5) is 0 Å². The van der Waals surface area contributed by atoms with Crippen molar-refractivity contribution in [1.29, 1.82) is 0 Å². The van der Waals surface area contributed by atoms with Gasteiger partial charge in [-0.3, -0.25) is 0 Å². The highest BCUT2D eigenvalue weighted by Gasteiger charge is 2.29. The van der Waals surface area contributed by atoms with Crippen molar-refractivity contribution in [2.75, 3.05) is 7.05 Å². The van der Waals surface area contributed by atoms with Crippen LogP contribution < -0.4 is 10.1 Å². The Kier molecular flexibility index (Phi) is 4.12. The summed E-state index contributed by atoms with van der Waals surface area (Å²) < 4.78 is 11.1. The lowest BCUT2D eigenvalue weighted by Crippen LogP contribution is -2.14. The molecule has 2 aromatic rings. The van der Waals surface area contributed by atoms with E-state index in [9.17, 15) is 0 Å². The van der Waals surface area contributed by atoms with Gasteiger partial charge in [-0.05, 0) is 45.0 Å². The molecule has 21 heavy (non-hydrogen) atoms. The summed E-state index contributed by atoms with van der Waals surface area (Å²) >= 11 is 6.06. The average Bonchev–Trinajstić information content (AvgIpc) is 3.24. The van der Waals surface area contributed by atoms with Gasteiger partial charge in [0, 0.05) is 22.5 Å². The van der Waals surface area contributed by atoms with Gasteiger partial charge in [-0.25, -0.2) is 0 Å². The number of hydrogen-bond acceptors (Lipinski definition) is 5. The molecule has 0 amide bonds. The lowest BCUT2D eigenvalue weighted by Gasteiger charge is -2.16. The molecule has 1 aliphatic rings. The Morgan fingerprint density at radius 1 is 1.48 bits per heavy atom. The van der Waals surface area contributed by atoms with Crippen LogP contribution in [0.5, 0.6) is 5.75 Å². The van der Waals surface area contributed by atoms with E-state index >= 15 is 0 Å². The van der Waals surface area contributed by atoms with Crippen LogP contribution in [0.3, 0.4) is 0 Å². The molecule has 3 rings (SSSR count). The molecule has 0 spiro atoms. The van der Waals surface area contributed by atoms with Gasteiger partial charge in [0.05, 0.1) is 0 Å². The molecule has 112 valence electrons. The standard InChI is InChI=1S/C15H18ClN3O2/c1-9(17-2)12-7-11(16)5-6-13(12)20-8-14-18-15(21-19-14)10-3-4-10/h5-7,9-10,17H,3-4,8H2,1-2H3. The molecule has 0 radical (unpaired) electrons. The van der Waals surface area contributed by atoms with E-state index in [4.69, 9.17) is 20.9 Å². The maximum atomic E-state index is 6.06. The van der Waals surface area contributed by atoms with Crippen LogP contribution in [-0.2, 0) is 6.61 Å². The molecule has 0 aliphatic heterocycles. The molecule has 1 saturated carbocycles. The molecule has 1 aromatic heterocycles. The number of ether oxygens (including phenoxy) is 1. The summed E-state index contributed by atoms with van der Waals surface area (Å²) in [6.45, 7) is 2.35. The summed E-state index contributed by atoms with van der Waals surface area (Å²) in [7, 11) is 1.90. The van der Waals surface area contributed by atoms with Gasteiger partial charge in [0.25, 0.3) is 0 Å². The van der Waals surface area contributed by atoms with E-state index in [0.717, 1.165) is 30.0 Å². The fraction of sp³-hybridized carbons (Fsp3) is 0.467. The van der Waals surface area contributed by atoms with Crippen LogP contribution in [0.2, 0.25) is 5.02 Å². The van der Waals surface area contributed by atoms with Crippen LogP contribution >= 0.6 is 11.6 Å². The molecule has 1 fully saturated rings. The van der Waals surface area contributed by atoms with E-state index in [1.807, 2.05) is 25.2 Å².